The van der Waals surface area contributed by atoms with Gasteiger partial charge >= 0.3 is 5.97 Å². The van der Waals surface area contributed by atoms with Gasteiger partial charge in [0.1, 0.15) is 23.2 Å². The molecule has 0 bridgehead atoms. The van der Waals surface area contributed by atoms with Crippen molar-refractivity contribution in [2.75, 3.05) is 13.7 Å². The Kier molecular flexibility index (Phi) is 4.54. The molecule has 2 unspecified atom stereocenters. The summed E-state index contributed by atoms with van der Waals surface area (Å²) >= 11 is 0. The van der Waals surface area contributed by atoms with Crippen LogP contribution in [0.2, 0.25) is 0 Å². The summed E-state index contributed by atoms with van der Waals surface area (Å²) in [5.41, 5.74) is -0.695. The molecule has 0 saturated carbocycles. The maximum atomic E-state index is 12.6. The smallest absolute Gasteiger partial charge is 0.303 e. The molecule has 0 N–H and O–H groups in total. The van der Waals surface area contributed by atoms with Crippen LogP contribution in [-0.2, 0) is 19.1 Å². The van der Waals surface area contributed by atoms with Crippen molar-refractivity contribution in [3.63, 3.8) is 0 Å². The molecule has 9 heteroatoms. The van der Waals surface area contributed by atoms with Crippen LogP contribution in [0.5, 0.6) is 5.75 Å². The molecule has 2 heterocycles. The standard InChI is InChI=1S/C18H20N2O7/c1-10(21)26-17-16(19-9-12(25-4)8-15(19)22)13-7-11(20(23)24)5-6-14(13)27-18(17,2)3/h5-8,16-17H,9H2,1-4H3. The van der Waals surface area contributed by atoms with Gasteiger partial charge < -0.3 is 19.1 Å². The Morgan fingerprint density at radius 2 is 2.11 bits per heavy atom. The van der Waals surface area contributed by atoms with Crippen molar-refractivity contribution in [3.05, 3.63) is 45.7 Å². The molecule has 3 rings (SSSR count). The molecular weight excluding hydrogens is 356 g/mol. The number of hydrogen-bond donors (Lipinski definition) is 0. The van der Waals surface area contributed by atoms with Crippen LogP contribution in [0.4, 0.5) is 5.69 Å². The molecule has 0 saturated heterocycles. The third kappa shape index (κ3) is 3.32. The van der Waals surface area contributed by atoms with Crippen LogP contribution in [0, 0.1) is 10.1 Å². The summed E-state index contributed by atoms with van der Waals surface area (Å²) in [6, 6.07) is 3.42. The van der Waals surface area contributed by atoms with Crippen molar-refractivity contribution in [1.29, 1.82) is 0 Å². The molecule has 1 aromatic carbocycles. The Hall–Kier alpha value is -3.10. The fraction of sp³-hybridized carbons (Fsp3) is 0.444. The molecule has 0 radical (unpaired) electrons. The summed E-state index contributed by atoms with van der Waals surface area (Å²) in [5.74, 6) is -0.0122. The monoisotopic (exact) mass is 376 g/mol. The first kappa shape index (κ1) is 18.7. The molecule has 2 aliphatic rings. The summed E-state index contributed by atoms with van der Waals surface area (Å²) in [6.45, 7) is 4.91. The molecule has 0 aliphatic carbocycles. The lowest BCUT2D eigenvalue weighted by molar-refractivity contribution is -0.385. The van der Waals surface area contributed by atoms with Crippen molar-refractivity contribution in [2.24, 2.45) is 0 Å². The number of ether oxygens (including phenoxy) is 3. The van der Waals surface area contributed by atoms with Crippen LogP contribution in [-0.4, -0.2) is 47.1 Å². The van der Waals surface area contributed by atoms with Crippen LogP contribution >= 0.6 is 0 Å². The lowest BCUT2D eigenvalue weighted by atomic mass is 9.85. The molecule has 27 heavy (non-hydrogen) atoms. The summed E-state index contributed by atoms with van der Waals surface area (Å²) in [5, 5.41) is 11.2. The van der Waals surface area contributed by atoms with Gasteiger partial charge in [0.25, 0.3) is 11.6 Å². The van der Waals surface area contributed by atoms with E-state index in [0.29, 0.717) is 17.1 Å². The number of esters is 1. The van der Waals surface area contributed by atoms with Gasteiger partial charge in [0.05, 0.1) is 18.6 Å². The number of nitro benzene ring substituents is 1. The van der Waals surface area contributed by atoms with E-state index in [4.69, 9.17) is 14.2 Å². The summed E-state index contributed by atoms with van der Waals surface area (Å²) < 4.78 is 16.6. The maximum absolute atomic E-state index is 12.6. The first-order chi connectivity index (χ1) is 12.6. The average molecular weight is 376 g/mol. The number of nitrogens with zero attached hydrogens (tertiary/aromatic N) is 2. The second-order valence-electron chi connectivity index (χ2n) is 6.94. The second kappa shape index (κ2) is 6.57. The Labute approximate surface area is 155 Å². The molecule has 0 fully saturated rings. The van der Waals surface area contributed by atoms with E-state index in [1.807, 2.05) is 0 Å². The van der Waals surface area contributed by atoms with Gasteiger partial charge in [-0.05, 0) is 19.9 Å². The number of amides is 1. The van der Waals surface area contributed by atoms with Gasteiger partial charge in [0.15, 0.2) is 6.10 Å². The number of rotatable bonds is 4. The third-order valence-corrected chi connectivity index (χ3v) is 4.65. The Morgan fingerprint density at radius 1 is 1.41 bits per heavy atom. The summed E-state index contributed by atoms with van der Waals surface area (Å²) in [6.07, 6.45) is 0.489. The third-order valence-electron chi connectivity index (χ3n) is 4.65. The van der Waals surface area contributed by atoms with E-state index in [-0.39, 0.29) is 18.1 Å². The Morgan fingerprint density at radius 3 is 2.67 bits per heavy atom. The van der Waals surface area contributed by atoms with Gasteiger partial charge in [-0.2, -0.15) is 0 Å². The minimum atomic E-state index is -0.963. The zero-order valence-electron chi connectivity index (χ0n) is 15.4. The highest BCUT2D eigenvalue weighted by atomic mass is 16.6. The van der Waals surface area contributed by atoms with Crippen LogP contribution in [0.25, 0.3) is 0 Å². The first-order valence-corrected chi connectivity index (χ1v) is 8.34. The van der Waals surface area contributed by atoms with Crippen molar-refractivity contribution in [2.45, 2.75) is 38.5 Å². The quantitative estimate of drug-likeness (QED) is 0.450. The maximum Gasteiger partial charge on any atom is 0.303 e. The fourth-order valence-corrected chi connectivity index (χ4v) is 3.45. The van der Waals surface area contributed by atoms with E-state index < -0.39 is 28.6 Å². The average Bonchev–Trinajstić information content (AvgIpc) is 2.95. The first-order valence-electron chi connectivity index (χ1n) is 8.34. The number of carbonyl (C=O) groups is 2. The summed E-state index contributed by atoms with van der Waals surface area (Å²) in [4.78, 5) is 36.5. The van der Waals surface area contributed by atoms with E-state index in [1.54, 1.807) is 13.8 Å². The molecule has 1 aromatic rings. The number of benzene rings is 1. The number of hydrogen-bond acceptors (Lipinski definition) is 7. The van der Waals surface area contributed by atoms with E-state index in [9.17, 15) is 19.7 Å². The number of carbonyl (C=O) groups excluding carboxylic acids is 2. The van der Waals surface area contributed by atoms with E-state index in [1.165, 1.54) is 43.2 Å². The Bertz CT molecular complexity index is 846. The molecule has 1 amide bonds. The van der Waals surface area contributed by atoms with Gasteiger partial charge in [0.2, 0.25) is 0 Å². The molecule has 2 atom stereocenters. The van der Waals surface area contributed by atoms with Crippen LogP contribution in [0.1, 0.15) is 32.4 Å². The predicted octanol–water partition coefficient (Wildman–Crippen LogP) is 2.11. The topological polar surface area (TPSA) is 108 Å². The van der Waals surface area contributed by atoms with Crippen molar-refractivity contribution in [1.82, 2.24) is 4.90 Å². The number of non-ortho nitro benzene ring substituents is 1. The van der Waals surface area contributed by atoms with E-state index in [0.717, 1.165) is 0 Å². The van der Waals surface area contributed by atoms with Crippen LogP contribution in [0.15, 0.2) is 30.0 Å². The van der Waals surface area contributed by atoms with Gasteiger partial charge in [-0.15, -0.1) is 0 Å². The minimum absolute atomic E-state index is 0.143. The van der Waals surface area contributed by atoms with Gasteiger partial charge in [0, 0.05) is 30.7 Å². The number of methoxy groups -OCH3 is 1. The van der Waals surface area contributed by atoms with Gasteiger partial charge in [-0.25, -0.2) is 0 Å². The zero-order chi connectivity index (χ0) is 19.9. The number of nitro groups is 1. The molecule has 0 spiro atoms. The lowest BCUT2D eigenvalue weighted by Crippen LogP contribution is -2.55. The zero-order valence-corrected chi connectivity index (χ0v) is 15.4. The SMILES string of the molecule is COC1=CC(=O)N(C2c3cc([N+](=O)[O-])ccc3OC(C)(C)C2OC(C)=O)C1. The van der Waals surface area contributed by atoms with Crippen molar-refractivity contribution < 1.29 is 28.7 Å². The number of fused-ring (bicyclic) bond motifs is 1. The molecule has 9 nitrogen and oxygen atoms in total. The fourth-order valence-electron chi connectivity index (χ4n) is 3.45. The van der Waals surface area contributed by atoms with E-state index in [2.05, 4.69) is 0 Å². The van der Waals surface area contributed by atoms with Gasteiger partial charge in [-0.1, -0.05) is 0 Å². The normalized spacial score (nSPS) is 23.2. The largest absolute Gasteiger partial charge is 0.499 e. The van der Waals surface area contributed by atoms with E-state index >= 15 is 0 Å². The van der Waals surface area contributed by atoms with Gasteiger partial charge in [-0.3, -0.25) is 19.7 Å². The highest BCUT2D eigenvalue weighted by molar-refractivity contribution is 5.91. The lowest BCUT2D eigenvalue weighted by Gasteiger charge is -2.46. The summed E-state index contributed by atoms with van der Waals surface area (Å²) in [7, 11) is 1.46. The highest BCUT2D eigenvalue weighted by Gasteiger charge is 2.51. The Balaban J connectivity index is 2.14. The molecule has 0 aromatic heterocycles. The highest BCUT2D eigenvalue weighted by Crippen LogP contribution is 2.46. The predicted molar refractivity (Wildman–Crippen MR) is 92.9 cm³/mol. The molecule has 144 valence electrons. The minimum Gasteiger partial charge on any atom is -0.499 e. The second-order valence-corrected chi connectivity index (χ2v) is 6.94. The molecular formula is C18H20N2O7. The van der Waals surface area contributed by atoms with Crippen LogP contribution in [0.3, 0.4) is 0 Å². The van der Waals surface area contributed by atoms with Crippen LogP contribution < -0.4 is 4.74 Å². The van der Waals surface area contributed by atoms with Crippen molar-refractivity contribution in [3.8, 4) is 5.75 Å². The molecule has 2 aliphatic heterocycles. The van der Waals surface area contributed by atoms with Crippen molar-refractivity contribution >= 4 is 17.6 Å².